The lowest BCUT2D eigenvalue weighted by molar-refractivity contribution is -0.00532. The van der Waals surface area contributed by atoms with Crippen LogP contribution in [0, 0.1) is 16.2 Å². The van der Waals surface area contributed by atoms with Crippen molar-refractivity contribution in [3.63, 3.8) is 0 Å². The number of hydrazine groups is 1. The van der Waals surface area contributed by atoms with Gasteiger partial charge in [-0.2, -0.15) is 15.4 Å². The van der Waals surface area contributed by atoms with Crippen LogP contribution in [0.2, 0.25) is 0 Å². The summed E-state index contributed by atoms with van der Waals surface area (Å²) in [5.74, 6) is 0.00883. The molecule has 0 radical (unpaired) electrons. The molecule has 0 bridgehead atoms. The van der Waals surface area contributed by atoms with Gasteiger partial charge in [0.1, 0.15) is 6.54 Å². The van der Waals surface area contributed by atoms with Crippen molar-refractivity contribution in [3.8, 4) is 6.07 Å². The molecule has 1 rings (SSSR count). The predicted molar refractivity (Wildman–Crippen MR) is 48.3 cm³/mol. The Morgan fingerprint density at radius 2 is 2.00 bits per heavy atom. The second-order valence-electron chi connectivity index (χ2n) is 2.88. The average Bonchev–Trinajstić information content (AvgIpc) is 2.15. The summed E-state index contributed by atoms with van der Waals surface area (Å²) in [6.07, 6.45) is 0. The standard InChI is InChI=1S/C6H10N4O3S/c7-1-2-10(8-11)9-3-5-14(12,13)6-4-9/h2-6H2. The van der Waals surface area contributed by atoms with Crippen molar-refractivity contribution in [2.45, 2.75) is 0 Å². The molecule has 1 saturated heterocycles. The fraction of sp³-hybridized carbons (Fsp3) is 0.833. The zero-order valence-corrected chi connectivity index (χ0v) is 8.27. The summed E-state index contributed by atoms with van der Waals surface area (Å²) in [6.45, 7) is 0.287. The number of rotatable bonds is 3. The minimum atomic E-state index is -2.97. The van der Waals surface area contributed by atoms with Crippen molar-refractivity contribution in [1.82, 2.24) is 10.1 Å². The highest BCUT2D eigenvalue weighted by Gasteiger charge is 2.25. The molecule has 14 heavy (non-hydrogen) atoms. The van der Waals surface area contributed by atoms with E-state index in [1.165, 1.54) is 5.01 Å². The van der Waals surface area contributed by atoms with E-state index in [9.17, 15) is 13.3 Å². The second-order valence-corrected chi connectivity index (χ2v) is 5.18. The molecule has 0 aliphatic carbocycles. The van der Waals surface area contributed by atoms with Gasteiger partial charge < -0.3 is 0 Å². The van der Waals surface area contributed by atoms with Crippen LogP contribution in [0.4, 0.5) is 0 Å². The Bertz CT molecular complexity index is 333. The maximum absolute atomic E-state index is 11.0. The van der Waals surface area contributed by atoms with Gasteiger partial charge in [-0.3, -0.25) is 0 Å². The Balaban J connectivity index is 2.56. The van der Waals surface area contributed by atoms with Crippen LogP contribution >= 0.6 is 0 Å². The third kappa shape index (κ3) is 2.65. The highest BCUT2D eigenvalue weighted by Crippen LogP contribution is 2.07. The lowest BCUT2D eigenvalue weighted by atomic mass is 10.6. The molecule has 78 valence electrons. The summed E-state index contributed by atoms with van der Waals surface area (Å²) in [6, 6.07) is 1.78. The normalized spacial score (nSPS) is 21.1. The van der Waals surface area contributed by atoms with Gasteiger partial charge in [-0.25, -0.2) is 8.42 Å². The Morgan fingerprint density at radius 3 is 2.43 bits per heavy atom. The topological polar surface area (TPSA) is 93.8 Å². The fourth-order valence-corrected chi connectivity index (χ4v) is 2.36. The van der Waals surface area contributed by atoms with E-state index >= 15 is 0 Å². The van der Waals surface area contributed by atoms with Crippen molar-refractivity contribution in [2.24, 2.45) is 5.29 Å². The Morgan fingerprint density at radius 1 is 1.43 bits per heavy atom. The molecule has 0 spiro atoms. The quantitative estimate of drug-likeness (QED) is 0.347. The van der Waals surface area contributed by atoms with Gasteiger partial charge in [0, 0.05) is 13.1 Å². The van der Waals surface area contributed by atoms with Crippen molar-refractivity contribution in [2.75, 3.05) is 31.1 Å². The SMILES string of the molecule is N#CCN(N=O)N1CCS(=O)(=O)CC1. The molecular formula is C6H10N4O3S. The van der Waals surface area contributed by atoms with E-state index in [1.807, 2.05) is 0 Å². The number of nitriles is 1. The number of sulfone groups is 1. The molecule has 1 aliphatic heterocycles. The largest absolute Gasteiger partial charge is 0.229 e. The van der Waals surface area contributed by atoms with Crippen LogP contribution in [0.3, 0.4) is 0 Å². The average molecular weight is 218 g/mol. The van der Waals surface area contributed by atoms with Gasteiger partial charge in [-0.15, -0.1) is 4.91 Å². The van der Waals surface area contributed by atoms with Crippen LogP contribution in [0.25, 0.3) is 0 Å². The molecule has 0 saturated carbocycles. The molecule has 1 heterocycles. The highest BCUT2D eigenvalue weighted by atomic mass is 32.2. The van der Waals surface area contributed by atoms with Crippen molar-refractivity contribution < 1.29 is 8.42 Å². The minimum absolute atomic E-state index is 0.00441. The van der Waals surface area contributed by atoms with Crippen LogP contribution in [-0.4, -0.2) is 49.7 Å². The number of hydrogen-bond acceptors (Lipinski definition) is 6. The lowest BCUT2D eigenvalue weighted by Gasteiger charge is -2.30. The molecule has 0 aromatic rings. The van der Waals surface area contributed by atoms with Gasteiger partial charge in [0.05, 0.1) is 22.9 Å². The monoisotopic (exact) mass is 218 g/mol. The maximum Gasteiger partial charge on any atom is 0.152 e. The molecule has 0 unspecified atom stereocenters. The first-order valence-electron chi connectivity index (χ1n) is 4.02. The third-order valence-electron chi connectivity index (χ3n) is 1.95. The van der Waals surface area contributed by atoms with E-state index < -0.39 is 9.84 Å². The first-order chi connectivity index (χ1) is 6.59. The minimum Gasteiger partial charge on any atom is -0.229 e. The van der Waals surface area contributed by atoms with Gasteiger partial charge in [0.15, 0.2) is 9.84 Å². The second kappa shape index (κ2) is 4.34. The molecule has 0 atom stereocenters. The first-order valence-corrected chi connectivity index (χ1v) is 5.84. The predicted octanol–water partition coefficient (Wildman–Crippen LogP) is -0.861. The van der Waals surface area contributed by atoms with Gasteiger partial charge >= 0.3 is 0 Å². The maximum atomic E-state index is 11.0. The zero-order valence-electron chi connectivity index (χ0n) is 7.46. The molecule has 8 heteroatoms. The number of hydrogen-bond donors (Lipinski definition) is 0. The number of nitrogens with zero attached hydrogens (tertiary/aromatic N) is 4. The van der Waals surface area contributed by atoms with Crippen LogP contribution in [0.15, 0.2) is 5.29 Å². The van der Waals surface area contributed by atoms with Gasteiger partial charge in [-0.05, 0) is 0 Å². The third-order valence-corrected chi connectivity index (χ3v) is 3.56. The summed E-state index contributed by atoms with van der Waals surface area (Å²) >= 11 is 0. The Labute approximate surface area is 81.7 Å². The van der Waals surface area contributed by atoms with E-state index in [-0.39, 0.29) is 31.1 Å². The summed E-state index contributed by atoms with van der Waals surface area (Å²) < 4.78 is 22.1. The molecule has 7 nitrogen and oxygen atoms in total. The van der Waals surface area contributed by atoms with Gasteiger partial charge in [0.25, 0.3) is 0 Å². The van der Waals surface area contributed by atoms with Gasteiger partial charge in [-0.1, -0.05) is 0 Å². The molecule has 0 N–H and O–H groups in total. The Hall–Kier alpha value is -1.20. The van der Waals surface area contributed by atoms with Crippen molar-refractivity contribution >= 4 is 9.84 Å². The van der Waals surface area contributed by atoms with Crippen molar-refractivity contribution in [3.05, 3.63) is 4.91 Å². The molecule has 1 fully saturated rings. The van der Waals surface area contributed by atoms with E-state index in [4.69, 9.17) is 5.26 Å². The van der Waals surface area contributed by atoms with Crippen LogP contribution in [0.1, 0.15) is 0 Å². The lowest BCUT2D eigenvalue weighted by Crippen LogP contribution is -2.48. The van der Waals surface area contributed by atoms with E-state index in [0.717, 1.165) is 5.12 Å². The molecule has 0 amide bonds. The van der Waals surface area contributed by atoms with Crippen LogP contribution < -0.4 is 0 Å². The smallest absolute Gasteiger partial charge is 0.152 e. The summed E-state index contributed by atoms with van der Waals surface area (Å²) in [5.41, 5.74) is 0. The van der Waals surface area contributed by atoms with Crippen molar-refractivity contribution in [1.29, 1.82) is 5.26 Å². The summed E-state index contributed by atoms with van der Waals surface area (Å²) in [7, 11) is -2.97. The molecular weight excluding hydrogens is 208 g/mol. The molecule has 1 aliphatic rings. The van der Waals surface area contributed by atoms with Gasteiger partial charge in [0.2, 0.25) is 0 Å². The van der Waals surface area contributed by atoms with E-state index in [1.54, 1.807) is 6.07 Å². The van der Waals surface area contributed by atoms with E-state index in [2.05, 4.69) is 5.29 Å². The molecule has 0 aromatic heterocycles. The zero-order chi connectivity index (χ0) is 10.6. The number of nitroso groups, excluding NO2 is 1. The summed E-state index contributed by atoms with van der Waals surface area (Å²) in [4.78, 5) is 10.3. The molecule has 0 aromatic carbocycles. The van der Waals surface area contributed by atoms with Crippen LogP contribution in [0.5, 0.6) is 0 Å². The fourth-order valence-electron chi connectivity index (χ4n) is 1.18. The highest BCUT2D eigenvalue weighted by molar-refractivity contribution is 7.91. The summed E-state index contributed by atoms with van der Waals surface area (Å²) in [5, 5.41) is 13.4. The van der Waals surface area contributed by atoms with E-state index in [0.29, 0.717) is 0 Å². The Kier molecular flexibility index (Phi) is 3.38. The first kappa shape index (κ1) is 10.9. The van der Waals surface area contributed by atoms with Crippen LogP contribution in [-0.2, 0) is 9.84 Å².